The zero-order chi connectivity index (χ0) is 10.8. The highest BCUT2D eigenvalue weighted by Gasteiger charge is 2.24. The Balaban J connectivity index is 3.11. The van der Waals surface area contributed by atoms with Crippen LogP contribution in [-0.2, 0) is 10.3 Å². The van der Waals surface area contributed by atoms with E-state index in [2.05, 4.69) is 11.2 Å². The summed E-state index contributed by atoms with van der Waals surface area (Å²) in [6.07, 6.45) is 5.14. The molecule has 1 rings (SSSR count). The third-order valence-corrected chi connectivity index (χ3v) is 2.04. The van der Waals surface area contributed by atoms with Gasteiger partial charge in [-0.3, -0.25) is 4.79 Å². The van der Waals surface area contributed by atoms with E-state index in [4.69, 9.17) is 5.73 Å². The number of hydrogen-bond acceptors (Lipinski definition) is 3. The molecule has 1 radical (unpaired) electrons. The lowest BCUT2D eigenvalue weighted by molar-refractivity contribution is -0.109. The van der Waals surface area contributed by atoms with E-state index >= 15 is 0 Å². The number of aldehydes is 1. The summed E-state index contributed by atoms with van der Waals surface area (Å²) in [5.41, 5.74) is 4.62. The number of primary amides is 1. The molecule has 5 heteroatoms. The molecule has 2 N–H and O–H groups in total. The summed E-state index contributed by atoms with van der Waals surface area (Å²) in [6.45, 7) is 3.65. The summed E-state index contributed by atoms with van der Waals surface area (Å²) in [5, 5.41) is 0. The van der Waals surface area contributed by atoms with Crippen LogP contribution in [-0.4, -0.2) is 21.7 Å². The SMILES string of the molecule is CC(C)(CC=O)n1c[c]nc1C(N)=O. The summed E-state index contributed by atoms with van der Waals surface area (Å²) in [7, 11) is 0. The van der Waals surface area contributed by atoms with Gasteiger partial charge >= 0.3 is 0 Å². The largest absolute Gasteiger partial charge is 0.363 e. The maximum Gasteiger partial charge on any atom is 0.284 e. The van der Waals surface area contributed by atoms with Crippen molar-refractivity contribution < 1.29 is 9.59 Å². The van der Waals surface area contributed by atoms with Crippen LogP contribution in [0.5, 0.6) is 0 Å². The first-order valence-corrected chi connectivity index (χ1v) is 4.18. The van der Waals surface area contributed by atoms with E-state index in [1.165, 1.54) is 6.20 Å². The Morgan fingerprint density at radius 2 is 2.43 bits per heavy atom. The van der Waals surface area contributed by atoms with Crippen molar-refractivity contribution in [3.8, 4) is 0 Å². The van der Waals surface area contributed by atoms with Gasteiger partial charge in [0.1, 0.15) is 12.5 Å². The highest BCUT2D eigenvalue weighted by Crippen LogP contribution is 2.19. The van der Waals surface area contributed by atoms with E-state index in [0.717, 1.165) is 6.29 Å². The summed E-state index contributed by atoms with van der Waals surface area (Å²) in [5.74, 6) is -0.498. The fourth-order valence-corrected chi connectivity index (χ4v) is 1.20. The van der Waals surface area contributed by atoms with Crippen LogP contribution < -0.4 is 5.73 Å². The molecule has 1 aromatic rings. The van der Waals surface area contributed by atoms with E-state index in [1.807, 2.05) is 13.8 Å². The molecule has 0 fully saturated rings. The van der Waals surface area contributed by atoms with Crippen molar-refractivity contribution in [1.29, 1.82) is 0 Å². The highest BCUT2D eigenvalue weighted by molar-refractivity contribution is 5.89. The van der Waals surface area contributed by atoms with Gasteiger partial charge in [0.2, 0.25) is 0 Å². The molecule has 0 aliphatic rings. The van der Waals surface area contributed by atoms with Crippen LogP contribution in [0.15, 0.2) is 6.20 Å². The third-order valence-electron chi connectivity index (χ3n) is 2.04. The van der Waals surface area contributed by atoms with Crippen molar-refractivity contribution in [1.82, 2.24) is 9.55 Å². The Morgan fingerprint density at radius 1 is 1.79 bits per heavy atom. The Kier molecular flexibility index (Phi) is 2.69. The summed E-state index contributed by atoms with van der Waals surface area (Å²) in [6, 6.07) is 0. The maximum atomic E-state index is 11.0. The number of carbonyl (C=O) groups excluding carboxylic acids is 2. The number of carbonyl (C=O) groups is 2. The average molecular weight is 194 g/mol. The molecule has 1 heterocycles. The zero-order valence-corrected chi connectivity index (χ0v) is 8.15. The second kappa shape index (κ2) is 3.61. The second-order valence-corrected chi connectivity index (χ2v) is 3.61. The molecule has 75 valence electrons. The number of hydrogen-bond donors (Lipinski definition) is 1. The topological polar surface area (TPSA) is 78.0 Å². The van der Waals surface area contributed by atoms with Crippen LogP contribution in [0.2, 0.25) is 0 Å². The number of nitrogens with two attached hydrogens (primary N) is 1. The molecule has 0 aromatic carbocycles. The van der Waals surface area contributed by atoms with Crippen LogP contribution in [0.4, 0.5) is 0 Å². The molecule has 0 saturated heterocycles. The Morgan fingerprint density at radius 3 is 2.93 bits per heavy atom. The van der Waals surface area contributed by atoms with Crippen molar-refractivity contribution >= 4 is 12.2 Å². The molecule has 0 unspecified atom stereocenters. The van der Waals surface area contributed by atoms with Gasteiger partial charge in [-0.1, -0.05) is 0 Å². The molecule has 14 heavy (non-hydrogen) atoms. The highest BCUT2D eigenvalue weighted by atomic mass is 16.1. The van der Waals surface area contributed by atoms with E-state index in [9.17, 15) is 9.59 Å². The standard InChI is InChI=1S/C9H12N3O2/c1-9(2,3-6-13)12-5-4-11-8(12)7(10)14/h5-6H,3H2,1-2H3,(H2,10,14). The molecule has 0 bridgehead atoms. The molecular formula is C9H12N3O2. The van der Waals surface area contributed by atoms with Crippen molar-refractivity contribution in [3.63, 3.8) is 0 Å². The van der Waals surface area contributed by atoms with Gasteiger partial charge in [0, 0.05) is 18.2 Å². The Hall–Kier alpha value is -1.65. The molecule has 0 aliphatic heterocycles. The van der Waals surface area contributed by atoms with Gasteiger partial charge in [-0.05, 0) is 13.8 Å². The van der Waals surface area contributed by atoms with Gasteiger partial charge in [0.05, 0.1) is 0 Å². The molecule has 0 spiro atoms. The van der Waals surface area contributed by atoms with E-state index in [1.54, 1.807) is 4.57 Å². The minimum atomic E-state index is -0.620. The van der Waals surface area contributed by atoms with Gasteiger partial charge < -0.3 is 15.1 Å². The third kappa shape index (κ3) is 1.81. The summed E-state index contributed by atoms with van der Waals surface area (Å²) in [4.78, 5) is 25.1. The molecule has 0 atom stereocenters. The quantitative estimate of drug-likeness (QED) is 0.691. The smallest absolute Gasteiger partial charge is 0.284 e. The van der Waals surface area contributed by atoms with Crippen molar-refractivity contribution in [2.75, 3.05) is 0 Å². The minimum Gasteiger partial charge on any atom is -0.363 e. The zero-order valence-electron chi connectivity index (χ0n) is 8.15. The van der Waals surface area contributed by atoms with E-state index in [-0.39, 0.29) is 12.2 Å². The van der Waals surface area contributed by atoms with Crippen LogP contribution in [0, 0.1) is 6.20 Å². The number of nitrogens with zero attached hydrogens (tertiary/aromatic N) is 2. The van der Waals surface area contributed by atoms with Crippen molar-refractivity contribution in [3.05, 3.63) is 18.2 Å². The maximum absolute atomic E-state index is 11.0. The van der Waals surface area contributed by atoms with E-state index in [0.29, 0.717) is 0 Å². The summed E-state index contributed by atoms with van der Waals surface area (Å²) < 4.78 is 1.56. The predicted molar refractivity (Wildman–Crippen MR) is 49.6 cm³/mol. The fraction of sp³-hybridized carbons (Fsp3) is 0.444. The monoisotopic (exact) mass is 194 g/mol. The molecule has 1 amide bonds. The fourth-order valence-electron chi connectivity index (χ4n) is 1.20. The van der Waals surface area contributed by atoms with Gasteiger partial charge in [0.25, 0.3) is 5.91 Å². The number of imidazole rings is 1. The predicted octanol–water partition coefficient (Wildman–Crippen LogP) is 0.106. The lowest BCUT2D eigenvalue weighted by Crippen LogP contribution is -2.31. The lowest BCUT2D eigenvalue weighted by atomic mass is 10.0. The van der Waals surface area contributed by atoms with Gasteiger partial charge in [-0.15, -0.1) is 0 Å². The number of amides is 1. The molecule has 5 nitrogen and oxygen atoms in total. The number of rotatable bonds is 4. The molecule has 1 aromatic heterocycles. The minimum absolute atomic E-state index is 0.122. The van der Waals surface area contributed by atoms with Crippen molar-refractivity contribution in [2.45, 2.75) is 25.8 Å². The van der Waals surface area contributed by atoms with E-state index < -0.39 is 11.4 Å². The molecule has 0 aliphatic carbocycles. The molecule has 0 saturated carbocycles. The summed E-state index contributed by atoms with van der Waals surface area (Å²) >= 11 is 0. The normalized spacial score (nSPS) is 11.3. The Labute approximate surface area is 81.9 Å². The van der Waals surface area contributed by atoms with Crippen LogP contribution in [0.1, 0.15) is 30.9 Å². The second-order valence-electron chi connectivity index (χ2n) is 3.61. The first kappa shape index (κ1) is 10.4. The van der Waals surface area contributed by atoms with Crippen LogP contribution >= 0.6 is 0 Å². The Bertz CT molecular complexity index is 355. The average Bonchev–Trinajstić information content (AvgIpc) is 2.51. The van der Waals surface area contributed by atoms with Gasteiger partial charge in [-0.25, -0.2) is 4.98 Å². The first-order chi connectivity index (χ1) is 6.49. The van der Waals surface area contributed by atoms with Crippen LogP contribution in [0.25, 0.3) is 0 Å². The molecular weight excluding hydrogens is 182 g/mol. The lowest BCUT2D eigenvalue weighted by Gasteiger charge is -2.25. The van der Waals surface area contributed by atoms with Gasteiger partial charge in [0.15, 0.2) is 5.82 Å². The van der Waals surface area contributed by atoms with Gasteiger partial charge in [-0.2, -0.15) is 0 Å². The first-order valence-electron chi connectivity index (χ1n) is 4.18. The number of aromatic nitrogens is 2. The van der Waals surface area contributed by atoms with Crippen LogP contribution in [0.3, 0.4) is 0 Å². The van der Waals surface area contributed by atoms with Crippen molar-refractivity contribution in [2.24, 2.45) is 5.73 Å².